The zero-order valence-electron chi connectivity index (χ0n) is 26.2. The first kappa shape index (κ1) is 31.4. The summed E-state index contributed by atoms with van der Waals surface area (Å²) in [7, 11) is 0. The van der Waals surface area contributed by atoms with Gasteiger partial charge in [-0.05, 0) is 115 Å². The van der Waals surface area contributed by atoms with E-state index >= 15 is 0 Å². The topological polar surface area (TPSA) is 169 Å². The second-order valence-electron chi connectivity index (χ2n) is 11.6. The molecule has 45 heavy (non-hydrogen) atoms. The van der Waals surface area contributed by atoms with Gasteiger partial charge in [0.15, 0.2) is 0 Å². The minimum absolute atomic E-state index is 0.0900. The summed E-state index contributed by atoms with van der Waals surface area (Å²) in [6, 6.07) is 7.69. The summed E-state index contributed by atoms with van der Waals surface area (Å²) in [5.74, 6) is -2.97. The molecule has 0 fully saturated rings. The van der Waals surface area contributed by atoms with Gasteiger partial charge in [-0.15, -0.1) is 0 Å². The van der Waals surface area contributed by atoms with Crippen LogP contribution in [-0.2, 0) is 33.6 Å². The largest absolute Gasteiger partial charge is 0.481 e. The van der Waals surface area contributed by atoms with E-state index in [0.29, 0.717) is 33.5 Å². The number of hydrogen-bond donors (Lipinski definition) is 5. The highest BCUT2D eigenvalue weighted by atomic mass is 16.4. The molecule has 0 saturated heterocycles. The first-order valence-corrected chi connectivity index (χ1v) is 15.2. The van der Waals surface area contributed by atoms with Gasteiger partial charge in [-0.1, -0.05) is 13.8 Å². The summed E-state index contributed by atoms with van der Waals surface area (Å²) >= 11 is 0. The molecule has 0 atom stereocenters. The van der Waals surface area contributed by atoms with Gasteiger partial charge in [-0.2, -0.15) is 0 Å². The molecule has 10 heteroatoms. The standard InChI is InChI=1S/C35H38N4O6/c1-6-20-17(3)25-13-26-18(4)21(7-2)29(37-26)15-31-23(9-11-34(42)43)24(12-35(44)45)32(39-31)16-30-22(8-10-33(40)41)19(5)27(38-30)14-28(20)36-25/h13-16,36,39H,6-12H2,1-5H3,(H,40,41)(H,42,43)(H,44,45). The summed E-state index contributed by atoms with van der Waals surface area (Å²) in [4.78, 5) is 52.2. The molecule has 5 N–H and O–H groups in total. The van der Waals surface area contributed by atoms with Crippen LogP contribution >= 0.6 is 0 Å². The van der Waals surface area contributed by atoms with Gasteiger partial charge in [0, 0.05) is 34.9 Å². The number of aryl methyl sites for hydroxylation is 3. The molecule has 0 aromatic carbocycles. The molecule has 0 saturated carbocycles. The third kappa shape index (κ3) is 6.18. The number of carboxylic acids is 3. The first-order chi connectivity index (χ1) is 21.4. The predicted molar refractivity (Wildman–Crippen MR) is 175 cm³/mol. The number of aromatic nitrogens is 4. The number of carbonyl (C=O) groups is 3. The molecule has 5 rings (SSSR count). The summed E-state index contributed by atoms with van der Waals surface area (Å²) in [5.41, 5.74) is 12.8. The van der Waals surface area contributed by atoms with Crippen LogP contribution in [0.3, 0.4) is 0 Å². The Morgan fingerprint density at radius 1 is 0.600 bits per heavy atom. The maximum Gasteiger partial charge on any atom is 0.307 e. The van der Waals surface area contributed by atoms with E-state index in [1.54, 1.807) is 6.07 Å². The van der Waals surface area contributed by atoms with Crippen molar-refractivity contribution in [3.05, 3.63) is 69.3 Å². The van der Waals surface area contributed by atoms with Crippen LogP contribution in [0.25, 0.3) is 44.4 Å². The highest BCUT2D eigenvalue weighted by Gasteiger charge is 2.22. The molecule has 3 aromatic heterocycles. The van der Waals surface area contributed by atoms with Gasteiger partial charge in [-0.3, -0.25) is 14.4 Å². The van der Waals surface area contributed by atoms with Crippen molar-refractivity contribution in [2.45, 2.75) is 79.6 Å². The van der Waals surface area contributed by atoms with Crippen molar-refractivity contribution in [1.82, 2.24) is 19.9 Å². The van der Waals surface area contributed by atoms with Gasteiger partial charge >= 0.3 is 17.9 Å². The molecule has 0 unspecified atom stereocenters. The molecular formula is C35H38N4O6. The maximum absolute atomic E-state index is 12.1. The molecule has 2 aliphatic rings. The molecule has 8 bridgehead atoms. The molecule has 3 aromatic rings. The fraction of sp³-hybridized carbons (Fsp3) is 0.343. The van der Waals surface area contributed by atoms with E-state index in [0.717, 1.165) is 68.7 Å². The lowest BCUT2D eigenvalue weighted by Crippen LogP contribution is -2.04. The van der Waals surface area contributed by atoms with Crippen LogP contribution in [-0.4, -0.2) is 53.2 Å². The van der Waals surface area contributed by atoms with Gasteiger partial charge in [0.25, 0.3) is 0 Å². The molecule has 0 radical (unpaired) electrons. The monoisotopic (exact) mass is 610 g/mol. The molecule has 234 valence electrons. The van der Waals surface area contributed by atoms with Crippen molar-refractivity contribution in [2.24, 2.45) is 0 Å². The number of hydrogen-bond acceptors (Lipinski definition) is 5. The SMILES string of the molecule is CCC1=C(C)c2cc3[nH]c(cc4nc(cc5[nH]c(cc1n2)c(CCC(=O)O)c5CC(=O)O)C(CCC(=O)O)=C4C)c(CC)c3C. The van der Waals surface area contributed by atoms with Gasteiger partial charge in [-0.25, -0.2) is 9.97 Å². The van der Waals surface area contributed by atoms with Crippen LogP contribution in [0.4, 0.5) is 0 Å². The number of H-pyrrole nitrogens is 2. The molecule has 0 spiro atoms. The summed E-state index contributed by atoms with van der Waals surface area (Å²) in [6.45, 7) is 10.2. The van der Waals surface area contributed by atoms with Crippen molar-refractivity contribution in [2.75, 3.05) is 0 Å². The number of aliphatic carboxylic acids is 3. The fourth-order valence-electron chi connectivity index (χ4n) is 6.46. The third-order valence-corrected chi connectivity index (χ3v) is 8.85. The second kappa shape index (κ2) is 12.6. The van der Waals surface area contributed by atoms with Crippen LogP contribution in [0.15, 0.2) is 24.3 Å². The Morgan fingerprint density at radius 3 is 1.67 bits per heavy atom. The van der Waals surface area contributed by atoms with Crippen molar-refractivity contribution in [3.63, 3.8) is 0 Å². The molecular weight excluding hydrogens is 572 g/mol. The number of rotatable bonds is 10. The van der Waals surface area contributed by atoms with E-state index in [4.69, 9.17) is 9.97 Å². The summed E-state index contributed by atoms with van der Waals surface area (Å²) in [5, 5.41) is 28.9. The number of fused-ring (bicyclic) bond motifs is 8. The maximum atomic E-state index is 12.1. The molecule has 5 heterocycles. The van der Waals surface area contributed by atoms with E-state index in [1.165, 1.54) is 0 Å². The fourth-order valence-corrected chi connectivity index (χ4v) is 6.46. The van der Waals surface area contributed by atoms with Gasteiger partial charge in [0.05, 0.1) is 29.2 Å². The second-order valence-corrected chi connectivity index (χ2v) is 11.6. The van der Waals surface area contributed by atoms with Gasteiger partial charge < -0.3 is 25.3 Å². The lowest BCUT2D eigenvalue weighted by Gasteiger charge is -2.04. The number of carboxylic acid groups (broad SMARTS) is 3. The Hall–Kier alpha value is -4.99. The zero-order valence-corrected chi connectivity index (χ0v) is 26.2. The van der Waals surface area contributed by atoms with Crippen molar-refractivity contribution in [3.8, 4) is 0 Å². The Morgan fingerprint density at radius 2 is 1.09 bits per heavy atom. The van der Waals surface area contributed by atoms with Crippen molar-refractivity contribution < 1.29 is 29.7 Å². The molecule has 0 aliphatic carbocycles. The van der Waals surface area contributed by atoms with E-state index in [2.05, 4.69) is 30.7 Å². The summed E-state index contributed by atoms with van der Waals surface area (Å²) < 4.78 is 0. The van der Waals surface area contributed by atoms with E-state index in [1.807, 2.05) is 32.0 Å². The number of nitrogens with zero attached hydrogens (tertiary/aromatic N) is 2. The molecule has 0 amide bonds. The quantitative estimate of drug-likeness (QED) is 0.164. The van der Waals surface area contributed by atoms with Crippen molar-refractivity contribution >= 4 is 62.3 Å². The van der Waals surface area contributed by atoms with Crippen LogP contribution in [0, 0.1) is 6.92 Å². The molecule has 10 nitrogen and oxygen atoms in total. The Balaban J connectivity index is 1.97. The smallest absolute Gasteiger partial charge is 0.307 e. The number of nitrogens with one attached hydrogen (secondary N) is 2. The van der Waals surface area contributed by atoms with Crippen LogP contribution in [0.5, 0.6) is 0 Å². The highest BCUT2D eigenvalue weighted by Crippen LogP contribution is 2.37. The highest BCUT2D eigenvalue weighted by molar-refractivity contribution is 5.95. The van der Waals surface area contributed by atoms with Crippen LogP contribution in [0.2, 0.25) is 0 Å². The third-order valence-electron chi connectivity index (χ3n) is 8.85. The summed E-state index contributed by atoms with van der Waals surface area (Å²) in [6.07, 6.45) is 1.29. The lowest BCUT2D eigenvalue weighted by atomic mass is 9.99. The van der Waals surface area contributed by atoms with E-state index < -0.39 is 17.9 Å². The van der Waals surface area contributed by atoms with E-state index in [-0.39, 0.29) is 32.1 Å². The van der Waals surface area contributed by atoms with Gasteiger partial charge in [0.1, 0.15) is 0 Å². The zero-order chi connectivity index (χ0) is 32.6. The molecule has 2 aliphatic heterocycles. The first-order valence-electron chi connectivity index (χ1n) is 15.2. The number of allylic oxidation sites excluding steroid dienone is 4. The number of aromatic amines is 2. The Labute approximate surface area is 260 Å². The van der Waals surface area contributed by atoms with Crippen LogP contribution in [0.1, 0.15) is 98.4 Å². The Kier molecular flexibility index (Phi) is 8.77. The lowest BCUT2D eigenvalue weighted by molar-refractivity contribution is -0.137. The average molecular weight is 611 g/mol. The predicted octanol–water partition coefficient (Wildman–Crippen LogP) is 6.97. The minimum Gasteiger partial charge on any atom is -0.481 e. The normalized spacial score (nSPS) is 13.1. The Bertz CT molecular complexity index is 1970. The van der Waals surface area contributed by atoms with Crippen LogP contribution < -0.4 is 0 Å². The van der Waals surface area contributed by atoms with E-state index in [9.17, 15) is 29.7 Å². The van der Waals surface area contributed by atoms with Gasteiger partial charge in [0.2, 0.25) is 0 Å². The average Bonchev–Trinajstić information content (AvgIpc) is 3.63. The minimum atomic E-state index is -1.05. The van der Waals surface area contributed by atoms with Crippen molar-refractivity contribution in [1.29, 1.82) is 0 Å².